The maximum absolute atomic E-state index is 6.11. The van der Waals surface area contributed by atoms with Crippen LogP contribution < -0.4 is 5.73 Å². The first-order chi connectivity index (χ1) is 10.3. The minimum Gasteiger partial charge on any atom is -0.398 e. The Morgan fingerprint density at radius 2 is 1.76 bits per heavy atom. The Bertz CT molecular complexity index is 774. The summed E-state index contributed by atoms with van der Waals surface area (Å²) in [7, 11) is 0. The topological polar surface area (TPSA) is 48.1 Å². The molecule has 2 N–H and O–H groups in total. The van der Waals surface area contributed by atoms with E-state index in [-0.39, 0.29) is 0 Å². The highest BCUT2D eigenvalue weighted by Gasteiger charge is 2.06. The zero-order chi connectivity index (χ0) is 14.7. The number of fused-ring (bicyclic) bond motifs is 1. The van der Waals surface area contributed by atoms with E-state index in [9.17, 15) is 0 Å². The minimum atomic E-state index is 0.471. The Kier molecular flexibility index (Phi) is 4.04. The van der Waals surface area contributed by atoms with Gasteiger partial charge in [-0.25, -0.2) is 0 Å². The first kappa shape index (κ1) is 13.9. The van der Waals surface area contributed by atoms with Crippen molar-refractivity contribution >= 4 is 28.2 Å². The first-order valence-electron chi connectivity index (χ1n) is 6.69. The second-order valence-electron chi connectivity index (χ2n) is 4.80. The van der Waals surface area contributed by atoms with E-state index in [1.54, 1.807) is 6.20 Å². The fourth-order valence-corrected chi connectivity index (χ4v) is 2.45. The van der Waals surface area contributed by atoms with Gasteiger partial charge in [-0.1, -0.05) is 35.9 Å². The van der Waals surface area contributed by atoms with E-state index in [4.69, 9.17) is 22.1 Å². The number of hydrogen-bond acceptors (Lipinski definition) is 3. The van der Waals surface area contributed by atoms with Crippen molar-refractivity contribution in [2.24, 2.45) is 0 Å². The van der Waals surface area contributed by atoms with Gasteiger partial charge in [-0.15, -0.1) is 0 Å². The summed E-state index contributed by atoms with van der Waals surface area (Å²) in [6, 6.07) is 15.4. The Hall–Kier alpha value is -2.10. The van der Waals surface area contributed by atoms with Gasteiger partial charge in [0.15, 0.2) is 0 Å². The average Bonchev–Trinajstić information content (AvgIpc) is 2.52. The van der Waals surface area contributed by atoms with Gasteiger partial charge in [-0.2, -0.15) is 0 Å². The molecule has 4 heteroatoms. The molecule has 0 aliphatic carbocycles. The van der Waals surface area contributed by atoms with Crippen molar-refractivity contribution in [2.75, 3.05) is 5.73 Å². The van der Waals surface area contributed by atoms with E-state index in [1.165, 1.54) is 0 Å². The Labute approximate surface area is 128 Å². The van der Waals surface area contributed by atoms with Crippen molar-refractivity contribution in [3.05, 3.63) is 70.9 Å². The monoisotopic (exact) mass is 298 g/mol. The van der Waals surface area contributed by atoms with Crippen LogP contribution in [-0.4, -0.2) is 4.98 Å². The zero-order valence-corrected chi connectivity index (χ0v) is 12.2. The molecule has 0 saturated carbocycles. The lowest BCUT2D eigenvalue weighted by atomic mass is 10.1. The van der Waals surface area contributed by atoms with Crippen LogP contribution in [0.25, 0.3) is 10.9 Å². The predicted molar refractivity (Wildman–Crippen MR) is 86.1 cm³/mol. The summed E-state index contributed by atoms with van der Waals surface area (Å²) < 4.78 is 5.77. The van der Waals surface area contributed by atoms with Gasteiger partial charge in [-0.05, 0) is 29.8 Å². The zero-order valence-electron chi connectivity index (χ0n) is 11.4. The summed E-state index contributed by atoms with van der Waals surface area (Å²) >= 11 is 6.11. The van der Waals surface area contributed by atoms with Crippen LogP contribution in [0.4, 0.5) is 5.69 Å². The molecule has 2 aromatic carbocycles. The highest BCUT2D eigenvalue weighted by Crippen LogP contribution is 2.23. The van der Waals surface area contributed by atoms with Gasteiger partial charge in [0.2, 0.25) is 0 Å². The molecule has 0 aliphatic rings. The number of benzene rings is 2. The number of nitrogens with two attached hydrogens (primary N) is 1. The van der Waals surface area contributed by atoms with Crippen LogP contribution in [0.5, 0.6) is 0 Å². The third kappa shape index (κ3) is 2.99. The van der Waals surface area contributed by atoms with Crippen LogP contribution in [0, 0.1) is 0 Å². The number of ether oxygens (including phenoxy) is 1. The average molecular weight is 299 g/mol. The molecular formula is C17H15ClN2O. The van der Waals surface area contributed by atoms with E-state index < -0.39 is 0 Å². The molecule has 0 saturated heterocycles. The van der Waals surface area contributed by atoms with E-state index >= 15 is 0 Å². The first-order valence-corrected chi connectivity index (χ1v) is 7.07. The van der Waals surface area contributed by atoms with Crippen LogP contribution in [0.3, 0.4) is 0 Å². The predicted octanol–water partition coefficient (Wildman–Crippen LogP) is 4.19. The van der Waals surface area contributed by atoms with Gasteiger partial charge in [-0.3, -0.25) is 4.98 Å². The molecule has 3 aromatic rings. The quantitative estimate of drug-likeness (QED) is 0.735. The summed E-state index contributed by atoms with van der Waals surface area (Å²) in [5.41, 5.74) is 9.58. The van der Waals surface area contributed by atoms with Crippen molar-refractivity contribution in [1.29, 1.82) is 0 Å². The summed E-state index contributed by atoms with van der Waals surface area (Å²) in [4.78, 5) is 4.40. The second-order valence-corrected chi connectivity index (χ2v) is 5.20. The van der Waals surface area contributed by atoms with Crippen LogP contribution in [-0.2, 0) is 18.0 Å². The molecule has 0 aliphatic heterocycles. The largest absolute Gasteiger partial charge is 0.398 e. The van der Waals surface area contributed by atoms with E-state index in [0.717, 1.165) is 32.7 Å². The van der Waals surface area contributed by atoms with Crippen LogP contribution in [0.15, 0.2) is 54.7 Å². The molecular weight excluding hydrogens is 284 g/mol. The summed E-state index contributed by atoms with van der Waals surface area (Å²) in [6.07, 6.45) is 1.76. The molecule has 3 nitrogen and oxygen atoms in total. The molecule has 0 spiro atoms. The maximum atomic E-state index is 6.11. The number of anilines is 1. The molecule has 106 valence electrons. The number of nitrogens with zero attached hydrogens (tertiary/aromatic N) is 1. The lowest BCUT2D eigenvalue weighted by Crippen LogP contribution is -1.98. The number of halogens is 1. The number of hydrogen-bond donors (Lipinski definition) is 1. The van der Waals surface area contributed by atoms with Crippen molar-refractivity contribution in [2.45, 2.75) is 13.2 Å². The van der Waals surface area contributed by atoms with Gasteiger partial charge in [0.05, 0.1) is 18.7 Å². The highest BCUT2D eigenvalue weighted by molar-refractivity contribution is 6.31. The fraction of sp³-hybridized carbons (Fsp3) is 0.118. The molecule has 21 heavy (non-hydrogen) atoms. The molecule has 1 heterocycles. The van der Waals surface area contributed by atoms with E-state index in [2.05, 4.69) is 4.98 Å². The van der Waals surface area contributed by atoms with Crippen LogP contribution >= 0.6 is 11.6 Å². The van der Waals surface area contributed by atoms with E-state index in [0.29, 0.717) is 13.2 Å². The maximum Gasteiger partial charge on any atom is 0.0777 e. The summed E-state index contributed by atoms with van der Waals surface area (Å²) in [5, 5.41) is 1.68. The van der Waals surface area contributed by atoms with Gasteiger partial charge in [0, 0.05) is 27.9 Å². The molecule has 0 atom stereocenters. The van der Waals surface area contributed by atoms with Crippen molar-refractivity contribution in [3.8, 4) is 0 Å². The summed E-state index contributed by atoms with van der Waals surface area (Å²) in [5.74, 6) is 0. The number of rotatable bonds is 4. The number of aromatic nitrogens is 1. The van der Waals surface area contributed by atoms with Gasteiger partial charge < -0.3 is 10.5 Å². The van der Waals surface area contributed by atoms with Crippen molar-refractivity contribution in [1.82, 2.24) is 4.98 Å². The molecule has 0 amide bonds. The van der Waals surface area contributed by atoms with Crippen molar-refractivity contribution < 1.29 is 4.74 Å². The lowest BCUT2D eigenvalue weighted by molar-refractivity contribution is 0.108. The van der Waals surface area contributed by atoms with Crippen LogP contribution in [0.2, 0.25) is 5.02 Å². The fourth-order valence-electron chi connectivity index (χ4n) is 2.26. The molecule has 0 bridgehead atoms. The lowest BCUT2D eigenvalue weighted by Gasteiger charge is -2.09. The standard InChI is InChI=1S/C17H15ClN2O/c18-15-6-2-1-4-12(15)10-21-11-13-7-8-16(19)14-5-3-9-20-17(13)14/h1-9H,10-11,19H2. The molecule has 3 rings (SSSR count). The third-order valence-corrected chi connectivity index (χ3v) is 3.73. The normalized spacial score (nSPS) is 10.9. The number of nitrogen functional groups attached to an aromatic ring is 1. The smallest absolute Gasteiger partial charge is 0.0777 e. The Morgan fingerprint density at radius 3 is 2.62 bits per heavy atom. The Morgan fingerprint density at radius 1 is 0.952 bits per heavy atom. The minimum absolute atomic E-state index is 0.471. The molecule has 0 fully saturated rings. The molecule has 0 radical (unpaired) electrons. The van der Waals surface area contributed by atoms with Gasteiger partial charge in [0.25, 0.3) is 0 Å². The molecule has 0 unspecified atom stereocenters. The molecule has 1 aromatic heterocycles. The van der Waals surface area contributed by atoms with Gasteiger partial charge >= 0.3 is 0 Å². The van der Waals surface area contributed by atoms with E-state index in [1.807, 2.05) is 48.5 Å². The second kappa shape index (κ2) is 6.12. The third-order valence-electron chi connectivity index (χ3n) is 3.36. The highest BCUT2D eigenvalue weighted by atomic mass is 35.5. The summed E-state index contributed by atoms with van der Waals surface area (Å²) in [6.45, 7) is 0.942. The SMILES string of the molecule is Nc1ccc(COCc2ccccc2Cl)c2ncccc12. The van der Waals surface area contributed by atoms with Crippen molar-refractivity contribution in [3.63, 3.8) is 0 Å². The Balaban J connectivity index is 1.77. The van der Waals surface area contributed by atoms with Crippen LogP contribution in [0.1, 0.15) is 11.1 Å². The number of pyridine rings is 1. The van der Waals surface area contributed by atoms with Gasteiger partial charge in [0.1, 0.15) is 0 Å².